The first-order valence-electron chi connectivity index (χ1n) is 5.43. The predicted octanol–water partition coefficient (Wildman–Crippen LogP) is 4.89. The van der Waals surface area contributed by atoms with Gasteiger partial charge in [-0.05, 0) is 30.3 Å². The molecule has 80 valence electrons. The normalized spacial score (nSPS) is 12.6. The lowest BCUT2D eigenvalue weighted by Gasteiger charge is -2.17. The Hall–Kier alpha value is -0.780. The van der Waals surface area contributed by atoms with Crippen LogP contribution in [0.3, 0.4) is 0 Å². The summed E-state index contributed by atoms with van der Waals surface area (Å²) < 4.78 is 0. The molecule has 0 aliphatic carbocycles. The second-order valence-corrected chi connectivity index (χ2v) is 4.95. The van der Waals surface area contributed by atoms with E-state index in [-0.39, 0.29) is 0 Å². The Balaban J connectivity index is 3.68. The molecule has 0 aliphatic heterocycles. The molecule has 0 nitrogen and oxygen atoms in total. The van der Waals surface area contributed by atoms with Crippen LogP contribution in [0.1, 0.15) is 46.5 Å². The van der Waals surface area contributed by atoms with Crippen LogP contribution in [0.25, 0.3) is 0 Å². The number of hydrogen-bond acceptors (Lipinski definition) is 0. The summed E-state index contributed by atoms with van der Waals surface area (Å²) in [5.41, 5.74) is 1.77. The zero-order valence-corrected chi connectivity index (χ0v) is 9.97. The number of allylic oxidation sites excluding steroid dienone is 4. The Morgan fingerprint density at radius 2 is 1.79 bits per heavy atom. The van der Waals surface area contributed by atoms with E-state index in [9.17, 15) is 0 Å². The average molecular weight is 192 g/mol. The van der Waals surface area contributed by atoms with Crippen LogP contribution in [0.15, 0.2) is 37.0 Å². The zero-order chi connectivity index (χ0) is 11.0. The molecular weight excluding hydrogens is 168 g/mol. The van der Waals surface area contributed by atoms with Crippen LogP contribution in [-0.2, 0) is 0 Å². The van der Waals surface area contributed by atoms with E-state index in [0.717, 1.165) is 6.42 Å². The third-order valence-electron chi connectivity index (χ3n) is 2.24. The third-order valence-corrected chi connectivity index (χ3v) is 2.24. The first-order chi connectivity index (χ1) is 6.49. The van der Waals surface area contributed by atoms with Crippen molar-refractivity contribution in [3.05, 3.63) is 37.0 Å². The molecule has 0 aliphatic rings. The summed E-state index contributed by atoms with van der Waals surface area (Å²) in [6.45, 7) is 14.4. The molecule has 0 radical (unpaired) electrons. The monoisotopic (exact) mass is 192 g/mol. The van der Waals surface area contributed by atoms with E-state index >= 15 is 0 Å². The van der Waals surface area contributed by atoms with Crippen molar-refractivity contribution in [1.29, 1.82) is 0 Å². The van der Waals surface area contributed by atoms with Crippen LogP contribution in [0.4, 0.5) is 0 Å². The van der Waals surface area contributed by atoms with Crippen molar-refractivity contribution in [2.75, 3.05) is 0 Å². The lowest BCUT2D eigenvalue weighted by molar-refractivity contribution is 0.360. The molecule has 0 aromatic heterocycles. The molecule has 0 atom stereocenters. The molecule has 0 fully saturated rings. The fraction of sp³-hybridized carbons (Fsp3) is 0.571. The maximum atomic E-state index is 3.79. The lowest BCUT2D eigenvalue weighted by Crippen LogP contribution is -2.03. The van der Waals surface area contributed by atoms with Gasteiger partial charge in [0.15, 0.2) is 0 Å². The van der Waals surface area contributed by atoms with E-state index in [4.69, 9.17) is 0 Å². The van der Waals surface area contributed by atoms with E-state index in [0.29, 0.717) is 5.41 Å². The van der Waals surface area contributed by atoms with Crippen molar-refractivity contribution in [3.63, 3.8) is 0 Å². The molecule has 0 aromatic rings. The molecule has 0 unspecified atom stereocenters. The van der Waals surface area contributed by atoms with Crippen molar-refractivity contribution in [1.82, 2.24) is 0 Å². The van der Waals surface area contributed by atoms with Crippen molar-refractivity contribution in [2.24, 2.45) is 5.41 Å². The van der Waals surface area contributed by atoms with Crippen molar-refractivity contribution in [2.45, 2.75) is 46.5 Å². The Bertz CT molecular complexity index is 201. The van der Waals surface area contributed by atoms with Gasteiger partial charge in [-0.25, -0.2) is 0 Å². The van der Waals surface area contributed by atoms with E-state index < -0.39 is 0 Å². The van der Waals surface area contributed by atoms with Gasteiger partial charge in [0.25, 0.3) is 0 Å². The van der Waals surface area contributed by atoms with Gasteiger partial charge in [-0.1, -0.05) is 58.6 Å². The summed E-state index contributed by atoms with van der Waals surface area (Å²) >= 11 is 0. The van der Waals surface area contributed by atoms with Crippen LogP contribution in [-0.4, -0.2) is 0 Å². The summed E-state index contributed by atoms with van der Waals surface area (Å²) in [5.74, 6) is 0. The van der Waals surface area contributed by atoms with Crippen molar-refractivity contribution >= 4 is 0 Å². The van der Waals surface area contributed by atoms with Gasteiger partial charge in [0.05, 0.1) is 0 Å². The number of unbranched alkanes of at least 4 members (excludes halogenated alkanes) is 1. The van der Waals surface area contributed by atoms with Crippen LogP contribution in [0.5, 0.6) is 0 Å². The highest BCUT2D eigenvalue weighted by Crippen LogP contribution is 2.23. The molecule has 0 bridgehead atoms. The Morgan fingerprint density at radius 1 is 1.14 bits per heavy atom. The maximum absolute atomic E-state index is 3.79. The average Bonchev–Trinajstić information content (AvgIpc) is 2.08. The van der Waals surface area contributed by atoms with Crippen LogP contribution in [0.2, 0.25) is 0 Å². The van der Waals surface area contributed by atoms with Crippen LogP contribution < -0.4 is 0 Å². The Kier molecular flexibility index (Phi) is 6.27. The minimum absolute atomic E-state index is 0.469. The van der Waals surface area contributed by atoms with E-state index in [1.807, 2.05) is 18.2 Å². The molecule has 0 heterocycles. The first kappa shape index (κ1) is 13.2. The third kappa shape index (κ3) is 7.85. The minimum atomic E-state index is 0.469. The Labute approximate surface area is 89.4 Å². The van der Waals surface area contributed by atoms with E-state index in [1.54, 1.807) is 0 Å². The van der Waals surface area contributed by atoms with Crippen LogP contribution >= 0.6 is 0 Å². The smallest absolute Gasteiger partial charge is 0.0279 e. The summed E-state index contributed by atoms with van der Waals surface area (Å²) in [6, 6.07) is 0. The zero-order valence-electron chi connectivity index (χ0n) is 9.97. The molecular formula is C14H24. The topological polar surface area (TPSA) is 0 Å². The molecule has 0 rings (SSSR count). The molecule has 0 N–H and O–H groups in total. The summed E-state index contributed by atoms with van der Waals surface area (Å²) in [4.78, 5) is 0. The van der Waals surface area contributed by atoms with Crippen molar-refractivity contribution < 1.29 is 0 Å². The quantitative estimate of drug-likeness (QED) is 0.415. The fourth-order valence-corrected chi connectivity index (χ4v) is 1.39. The first-order valence-corrected chi connectivity index (χ1v) is 5.43. The van der Waals surface area contributed by atoms with Gasteiger partial charge < -0.3 is 0 Å². The molecule has 0 saturated carbocycles. The van der Waals surface area contributed by atoms with Gasteiger partial charge in [0.2, 0.25) is 0 Å². The predicted molar refractivity (Wildman–Crippen MR) is 66.4 cm³/mol. The SMILES string of the molecule is C=C/C=C(\C=C)CCCCC(C)(C)C. The van der Waals surface area contributed by atoms with Gasteiger partial charge in [0, 0.05) is 0 Å². The molecule has 0 aromatic carbocycles. The van der Waals surface area contributed by atoms with Gasteiger partial charge in [0.1, 0.15) is 0 Å². The van der Waals surface area contributed by atoms with Gasteiger partial charge in [-0.3, -0.25) is 0 Å². The van der Waals surface area contributed by atoms with Gasteiger partial charge >= 0.3 is 0 Å². The second-order valence-electron chi connectivity index (χ2n) is 4.95. The highest BCUT2D eigenvalue weighted by atomic mass is 14.1. The molecule has 0 heteroatoms. The largest absolute Gasteiger partial charge is 0.0991 e. The van der Waals surface area contributed by atoms with Gasteiger partial charge in [-0.15, -0.1) is 0 Å². The second kappa shape index (κ2) is 6.64. The fourth-order valence-electron chi connectivity index (χ4n) is 1.39. The molecule has 0 saturated heterocycles. The van der Waals surface area contributed by atoms with E-state index in [1.165, 1.54) is 24.8 Å². The standard InChI is InChI=1S/C14H24/c1-6-10-13(7-2)11-8-9-12-14(3,4)5/h6-7,10H,1-2,8-9,11-12H2,3-5H3/b13-10+. The highest BCUT2D eigenvalue weighted by molar-refractivity contribution is 5.20. The van der Waals surface area contributed by atoms with Crippen molar-refractivity contribution in [3.8, 4) is 0 Å². The summed E-state index contributed by atoms with van der Waals surface area (Å²) in [7, 11) is 0. The molecule has 0 spiro atoms. The van der Waals surface area contributed by atoms with Crippen LogP contribution in [0, 0.1) is 5.41 Å². The Morgan fingerprint density at radius 3 is 2.21 bits per heavy atom. The summed E-state index contributed by atoms with van der Waals surface area (Å²) in [6.07, 6.45) is 10.8. The lowest BCUT2D eigenvalue weighted by atomic mass is 9.89. The van der Waals surface area contributed by atoms with Gasteiger partial charge in [-0.2, -0.15) is 0 Å². The number of hydrogen-bond donors (Lipinski definition) is 0. The molecule has 14 heavy (non-hydrogen) atoms. The van der Waals surface area contributed by atoms with E-state index in [2.05, 4.69) is 33.9 Å². The number of rotatable bonds is 6. The highest BCUT2D eigenvalue weighted by Gasteiger charge is 2.08. The maximum Gasteiger partial charge on any atom is -0.0279 e. The molecule has 0 amide bonds. The summed E-state index contributed by atoms with van der Waals surface area (Å²) in [5, 5.41) is 0. The minimum Gasteiger partial charge on any atom is -0.0991 e.